The number of hydrogen-bond acceptors (Lipinski definition) is 3. The van der Waals surface area contributed by atoms with Crippen molar-refractivity contribution in [3.63, 3.8) is 0 Å². The second kappa shape index (κ2) is 7.74. The summed E-state index contributed by atoms with van der Waals surface area (Å²) in [7, 11) is 1.56. The monoisotopic (exact) mass is 394 g/mol. The fraction of sp³-hybridized carbons (Fsp3) is 0.611. The molecule has 0 radical (unpaired) electrons. The number of nitrogens with two attached hydrogens (primary N) is 1. The lowest BCUT2D eigenvalue weighted by Gasteiger charge is -2.58. The summed E-state index contributed by atoms with van der Waals surface area (Å²) in [5.74, 6) is -0.286. The van der Waals surface area contributed by atoms with Crippen molar-refractivity contribution in [3.8, 4) is 0 Å². The number of alkyl halides is 3. The first-order valence-corrected chi connectivity index (χ1v) is 8.25. The lowest BCUT2D eigenvalue weighted by Crippen LogP contribution is -2.75. The van der Waals surface area contributed by atoms with Crippen LogP contribution in [0.4, 0.5) is 13.2 Å². The van der Waals surface area contributed by atoms with E-state index in [1.807, 2.05) is 20.8 Å². The highest BCUT2D eigenvalue weighted by atomic mass is 35.5. The molecule has 1 aliphatic rings. The Kier molecular flexibility index (Phi) is 6.77. The predicted molar refractivity (Wildman–Crippen MR) is 95.9 cm³/mol. The van der Waals surface area contributed by atoms with E-state index in [0.29, 0.717) is 18.6 Å². The molecule has 2 N–H and O–H groups in total. The van der Waals surface area contributed by atoms with E-state index in [2.05, 4.69) is 0 Å². The second-order valence-corrected chi connectivity index (χ2v) is 7.20. The first-order chi connectivity index (χ1) is 11.4. The van der Waals surface area contributed by atoms with Gasteiger partial charge in [0.2, 0.25) is 5.91 Å². The molecule has 0 spiro atoms. The van der Waals surface area contributed by atoms with E-state index in [1.54, 1.807) is 13.1 Å². The van der Waals surface area contributed by atoms with Gasteiger partial charge in [0.15, 0.2) is 0 Å². The van der Waals surface area contributed by atoms with Crippen LogP contribution in [0.5, 0.6) is 0 Å². The number of carbonyl (C=O) groups excluding carboxylic acids is 1. The van der Waals surface area contributed by atoms with Crippen molar-refractivity contribution in [1.82, 2.24) is 4.90 Å². The number of benzene rings is 1. The van der Waals surface area contributed by atoms with Crippen LogP contribution in [0.25, 0.3) is 0 Å². The quantitative estimate of drug-likeness (QED) is 0.829. The molecule has 1 aromatic rings. The summed E-state index contributed by atoms with van der Waals surface area (Å²) in [6, 6.07) is 4.98. The van der Waals surface area contributed by atoms with Crippen molar-refractivity contribution >= 4 is 18.3 Å². The van der Waals surface area contributed by atoms with Gasteiger partial charge < -0.3 is 15.4 Å². The largest absolute Gasteiger partial charge is 0.416 e. The molecule has 0 aliphatic heterocycles. The molecule has 2 unspecified atom stereocenters. The molecule has 1 saturated carbocycles. The Morgan fingerprint density at radius 1 is 1.38 bits per heavy atom. The van der Waals surface area contributed by atoms with Gasteiger partial charge in [-0.1, -0.05) is 26.0 Å². The molecule has 0 saturated heterocycles. The average Bonchev–Trinajstić information content (AvgIpc) is 2.53. The molecule has 2 atom stereocenters. The minimum absolute atomic E-state index is 0. The van der Waals surface area contributed by atoms with Gasteiger partial charge in [0.25, 0.3) is 0 Å². The maximum Gasteiger partial charge on any atom is 0.416 e. The molecule has 148 valence electrons. The van der Waals surface area contributed by atoms with Gasteiger partial charge in [-0.2, -0.15) is 13.2 Å². The van der Waals surface area contributed by atoms with Crippen LogP contribution in [0.15, 0.2) is 24.3 Å². The third-order valence-corrected chi connectivity index (χ3v) is 5.23. The van der Waals surface area contributed by atoms with Crippen molar-refractivity contribution in [2.45, 2.75) is 51.6 Å². The Hall–Kier alpha value is -1.31. The third kappa shape index (κ3) is 4.00. The fourth-order valence-electron chi connectivity index (χ4n) is 3.33. The van der Waals surface area contributed by atoms with Crippen molar-refractivity contribution in [1.29, 1.82) is 0 Å². The molecule has 1 aliphatic carbocycles. The van der Waals surface area contributed by atoms with Crippen molar-refractivity contribution in [2.75, 3.05) is 13.7 Å². The molecule has 0 aromatic heterocycles. The Bertz CT molecular complexity index is 652. The number of amides is 1. The first kappa shape index (κ1) is 22.7. The number of nitrogens with zero attached hydrogens (tertiary/aromatic N) is 1. The number of carbonyl (C=O) groups is 1. The van der Waals surface area contributed by atoms with E-state index in [1.165, 1.54) is 11.0 Å². The zero-order chi connectivity index (χ0) is 19.0. The molecule has 4 nitrogen and oxygen atoms in total. The molecular weight excluding hydrogens is 369 g/mol. The van der Waals surface area contributed by atoms with E-state index in [4.69, 9.17) is 10.5 Å². The lowest BCUT2D eigenvalue weighted by molar-refractivity contribution is -0.178. The van der Waals surface area contributed by atoms with Crippen LogP contribution >= 0.6 is 12.4 Å². The summed E-state index contributed by atoms with van der Waals surface area (Å²) in [5, 5.41) is 0. The van der Waals surface area contributed by atoms with E-state index in [-0.39, 0.29) is 31.0 Å². The average molecular weight is 395 g/mol. The van der Waals surface area contributed by atoms with E-state index in [9.17, 15) is 18.0 Å². The number of ether oxygens (including phenoxy) is 1. The number of hydrogen-bond donors (Lipinski definition) is 1. The topological polar surface area (TPSA) is 55.6 Å². The maximum absolute atomic E-state index is 12.8. The van der Waals surface area contributed by atoms with Crippen LogP contribution < -0.4 is 5.73 Å². The molecule has 0 heterocycles. The highest BCUT2D eigenvalue weighted by Gasteiger charge is 2.63. The predicted octanol–water partition coefficient (Wildman–Crippen LogP) is 3.62. The molecule has 1 amide bonds. The van der Waals surface area contributed by atoms with Crippen LogP contribution in [0.3, 0.4) is 0 Å². The van der Waals surface area contributed by atoms with E-state index < -0.39 is 22.7 Å². The number of rotatable bonds is 5. The third-order valence-electron chi connectivity index (χ3n) is 5.23. The molecule has 26 heavy (non-hydrogen) atoms. The van der Waals surface area contributed by atoms with Crippen LogP contribution in [0.2, 0.25) is 0 Å². The zero-order valence-corrected chi connectivity index (χ0v) is 16.2. The van der Waals surface area contributed by atoms with Gasteiger partial charge in [0.1, 0.15) is 5.54 Å². The van der Waals surface area contributed by atoms with E-state index >= 15 is 0 Å². The van der Waals surface area contributed by atoms with E-state index in [0.717, 1.165) is 12.1 Å². The SMILES string of the molecule is CCOC1CC(N)(C(=O)N(C)Cc2cccc(C(F)(F)F)c2)C1(C)C.Cl. The first-order valence-electron chi connectivity index (χ1n) is 8.25. The summed E-state index contributed by atoms with van der Waals surface area (Å²) in [6.07, 6.45) is -4.11. The molecule has 1 aromatic carbocycles. The fourth-order valence-corrected chi connectivity index (χ4v) is 3.33. The van der Waals surface area contributed by atoms with Gasteiger partial charge in [0, 0.05) is 32.0 Å². The summed E-state index contributed by atoms with van der Waals surface area (Å²) in [5.41, 5.74) is 4.41. The molecule has 0 bridgehead atoms. The Morgan fingerprint density at radius 2 is 2.00 bits per heavy atom. The van der Waals surface area contributed by atoms with Gasteiger partial charge in [-0.05, 0) is 24.6 Å². The van der Waals surface area contributed by atoms with Gasteiger partial charge in [-0.25, -0.2) is 0 Å². The molecule has 1 fully saturated rings. The lowest BCUT2D eigenvalue weighted by atomic mass is 9.54. The maximum atomic E-state index is 12.8. The summed E-state index contributed by atoms with van der Waals surface area (Å²) < 4.78 is 44.1. The Labute approximate surface area is 158 Å². The summed E-state index contributed by atoms with van der Waals surface area (Å²) in [4.78, 5) is 14.2. The van der Waals surface area contributed by atoms with Crippen molar-refractivity contribution in [2.24, 2.45) is 11.1 Å². The minimum atomic E-state index is -4.41. The Morgan fingerprint density at radius 3 is 2.50 bits per heavy atom. The van der Waals surface area contributed by atoms with Gasteiger partial charge in [-0.15, -0.1) is 12.4 Å². The van der Waals surface area contributed by atoms with Gasteiger partial charge in [-0.3, -0.25) is 4.79 Å². The van der Waals surface area contributed by atoms with Crippen LogP contribution in [-0.2, 0) is 22.3 Å². The number of halogens is 4. The smallest absolute Gasteiger partial charge is 0.378 e. The summed E-state index contributed by atoms with van der Waals surface area (Å²) in [6.45, 7) is 6.25. The van der Waals surface area contributed by atoms with Crippen molar-refractivity contribution < 1.29 is 22.7 Å². The molecule has 8 heteroatoms. The molecule has 2 rings (SSSR count). The highest BCUT2D eigenvalue weighted by Crippen LogP contribution is 2.50. The normalized spacial score (nSPS) is 24.4. The Balaban J connectivity index is 0.00000338. The molecular formula is C18H26ClF3N2O2. The highest BCUT2D eigenvalue weighted by molar-refractivity contribution is 5.88. The standard InChI is InChI=1S/C18H25F3N2O2.ClH/c1-5-25-14-10-17(22,16(14,2)3)15(24)23(4)11-12-7-6-8-13(9-12)18(19,20)21;/h6-9,14H,5,10-11,22H2,1-4H3;1H. The van der Waals surface area contributed by atoms with Crippen molar-refractivity contribution in [3.05, 3.63) is 35.4 Å². The van der Waals surface area contributed by atoms with Crippen LogP contribution in [0.1, 0.15) is 38.3 Å². The number of likely N-dealkylation sites (N-methyl/N-ethyl adjacent to an activating group) is 1. The minimum Gasteiger partial charge on any atom is -0.378 e. The van der Waals surface area contributed by atoms with Gasteiger partial charge >= 0.3 is 6.18 Å². The van der Waals surface area contributed by atoms with Crippen LogP contribution in [0, 0.1) is 5.41 Å². The van der Waals surface area contributed by atoms with Gasteiger partial charge in [0.05, 0.1) is 11.7 Å². The summed E-state index contributed by atoms with van der Waals surface area (Å²) >= 11 is 0. The van der Waals surface area contributed by atoms with Crippen LogP contribution in [-0.4, -0.2) is 36.1 Å². The second-order valence-electron chi connectivity index (χ2n) is 7.20. The zero-order valence-electron chi connectivity index (χ0n) is 15.4.